The maximum atomic E-state index is 13.9. The zero-order valence-electron chi connectivity index (χ0n) is 33.7. The number of rotatable bonds is 15. The summed E-state index contributed by atoms with van der Waals surface area (Å²) in [6.07, 6.45) is 1.20. The number of piperidine rings is 1. The molecule has 2 saturated heterocycles. The molecule has 0 spiro atoms. The topological polar surface area (TPSA) is 91.6 Å². The number of amides is 1. The third-order valence-corrected chi connectivity index (χ3v) is 12.4. The molecule has 8 rings (SSSR count). The van der Waals surface area contributed by atoms with E-state index < -0.39 is 11.9 Å². The number of hydrogen-bond acceptors (Lipinski definition) is 7. The first-order valence-electron chi connectivity index (χ1n) is 20.7. The van der Waals surface area contributed by atoms with Crippen molar-refractivity contribution in [2.45, 2.75) is 57.3 Å². The number of benzene rings is 4. The van der Waals surface area contributed by atoms with E-state index >= 15 is 0 Å². The summed E-state index contributed by atoms with van der Waals surface area (Å²) in [5, 5.41) is 17.3. The zero-order chi connectivity index (χ0) is 42.4. The van der Waals surface area contributed by atoms with E-state index in [0.717, 1.165) is 90.4 Å². The minimum atomic E-state index is -4.77. The standard InChI is InChI=1S/C46H49Cl2F3N8O2/c47-41-8-4-9-42(48)40(41)31-57-26-24-56(25-27-57)30-33-10-15-43-38(28-33)39(34-11-13-37(14-12-34)61-46(49,50)51)32-58(43)22-5-19-53-44(60)45(17-20-52-21-18-45)54-29-35-16-23-59(55-35)36-6-2-1-3-7-36/h1-4,6-16,23,28,32,52,54H,5,17-22,24-27,29-31H2,(H,53,60). The summed E-state index contributed by atoms with van der Waals surface area (Å²) in [6.45, 7) is 8.00. The number of alkyl halides is 3. The number of piperazine rings is 1. The molecule has 10 nitrogen and oxygen atoms in total. The largest absolute Gasteiger partial charge is 0.573 e. The molecule has 0 unspecified atom stereocenters. The molecule has 320 valence electrons. The van der Waals surface area contributed by atoms with Crippen LogP contribution in [0.2, 0.25) is 10.0 Å². The molecule has 0 aliphatic carbocycles. The van der Waals surface area contributed by atoms with E-state index in [0.29, 0.717) is 55.5 Å². The van der Waals surface area contributed by atoms with Crippen molar-refractivity contribution in [2.24, 2.45) is 0 Å². The minimum Gasteiger partial charge on any atom is -0.406 e. The molecule has 61 heavy (non-hydrogen) atoms. The summed E-state index contributed by atoms with van der Waals surface area (Å²) >= 11 is 12.9. The maximum absolute atomic E-state index is 13.9. The van der Waals surface area contributed by atoms with Crippen molar-refractivity contribution < 1.29 is 22.7 Å². The van der Waals surface area contributed by atoms with E-state index in [9.17, 15) is 18.0 Å². The SMILES string of the molecule is O=C(NCCCn1cc(-c2ccc(OC(F)(F)F)cc2)c2cc(CN3CCN(Cc4c(Cl)cccc4Cl)CC3)ccc21)C1(NCc2ccn(-c3ccccc3)n2)CCNCC1. The van der Waals surface area contributed by atoms with Gasteiger partial charge in [0.05, 0.1) is 11.4 Å². The van der Waals surface area contributed by atoms with Crippen LogP contribution < -0.4 is 20.7 Å². The molecule has 2 aromatic heterocycles. The number of hydrogen-bond donors (Lipinski definition) is 3. The predicted molar refractivity (Wildman–Crippen MR) is 234 cm³/mol. The van der Waals surface area contributed by atoms with Crippen molar-refractivity contribution in [3.05, 3.63) is 136 Å². The van der Waals surface area contributed by atoms with Crippen LogP contribution in [0.4, 0.5) is 13.2 Å². The fourth-order valence-electron chi connectivity index (χ4n) is 8.36. The van der Waals surface area contributed by atoms with Crippen LogP contribution in [0.25, 0.3) is 27.7 Å². The zero-order valence-corrected chi connectivity index (χ0v) is 35.2. The summed E-state index contributed by atoms with van der Waals surface area (Å²) < 4.78 is 47.1. The number of carbonyl (C=O) groups excluding carboxylic acids is 1. The van der Waals surface area contributed by atoms with Crippen LogP contribution in [0, 0.1) is 0 Å². The number of aryl methyl sites for hydroxylation is 1. The number of fused-ring (bicyclic) bond motifs is 1. The second-order valence-corrected chi connectivity index (χ2v) is 16.6. The Bertz CT molecular complexity index is 2390. The van der Waals surface area contributed by atoms with E-state index in [4.69, 9.17) is 28.3 Å². The fourth-order valence-corrected chi connectivity index (χ4v) is 8.88. The second-order valence-electron chi connectivity index (χ2n) is 15.8. The Labute approximate surface area is 363 Å². The number of para-hydroxylation sites is 1. The average molecular weight is 874 g/mol. The van der Waals surface area contributed by atoms with Crippen LogP contribution >= 0.6 is 23.2 Å². The molecular weight excluding hydrogens is 824 g/mol. The first kappa shape index (κ1) is 42.8. The van der Waals surface area contributed by atoms with Gasteiger partial charge in [-0.2, -0.15) is 5.10 Å². The Morgan fingerprint density at radius 2 is 1.56 bits per heavy atom. The van der Waals surface area contributed by atoms with E-state index in [-0.39, 0.29) is 11.7 Å². The number of halogens is 5. The number of carbonyl (C=O) groups is 1. The van der Waals surface area contributed by atoms with Gasteiger partial charge in [0, 0.05) is 103 Å². The molecule has 0 saturated carbocycles. The Hall–Kier alpha value is -4.89. The van der Waals surface area contributed by atoms with Crippen molar-refractivity contribution in [1.29, 1.82) is 0 Å². The van der Waals surface area contributed by atoms with Gasteiger partial charge in [-0.05, 0) is 98.1 Å². The maximum Gasteiger partial charge on any atom is 0.573 e. The number of nitrogens with one attached hydrogen (secondary N) is 3. The molecular formula is C46H49Cl2F3N8O2. The van der Waals surface area contributed by atoms with Gasteiger partial charge in [-0.15, -0.1) is 13.2 Å². The highest BCUT2D eigenvalue weighted by Crippen LogP contribution is 2.34. The highest BCUT2D eigenvalue weighted by atomic mass is 35.5. The van der Waals surface area contributed by atoms with Crippen LogP contribution in [-0.2, 0) is 31.0 Å². The second kappa shape index (κ2) is 19.0. The fraction of sp³-hybridized carbons (Fsp3) is 0.348. The van der Waals surface area contributed by atoms with E-state index in [2.05, 4.69) is 59.5 Å². The number of ether oxygens (including phenoxy) is 1. The average Bonchev–Trinajstić information content (AvgIpc) is 3.89. The summed E-state index contributed by atoms with van der Waals surface area (Å²) in [6, 6.07) is 30.0. The molecule has 15 heteroatoms. The molecule has 3 N–H and O–H groups in total. The van der Waals surface area contributed by atoms with Gasteiger partial charge in [-0.3, -0.25) is 19.9 Å². The molecule has 2 aliphatic heterocycles. The van der Waals surface area contributed by atoms with Crippen LogP contribution in [0.15, 0.2) is 109 Å². The molecule has 4 aromatic carbocycles. The summed E-state index contributed by atoms with van der Waals surface area (Å²) in [4.78, 5) is 18.7. The molecule has 0 atom stereocenters. The van der Waals surface area contributed by atoms with Crippen molar-refractivity contribution in [2.75, 3.05) is 45.8 Å². The van der Waals surface area contributed by atoms with Gasteiger partial charge in [0.2, 0.25) is 5.91 Å². The molecule has 6 aromatic rings. The Balaban J connectivity index is 0.930. The highest BCUT2D eigenvalue weighted by Gasteiger charge is 2.39. The number of nitrogens with zero attached hydrogens (tertiary/aromatic N) is 5. The first-order chi connectivity index (χ1) is 29.5. The summed E-state index contributed by atoms with van der Waals surface area (Å²) in [7, 11) is 0. The first-order valence-corrected chi connectivity index (χ1v) is 21.5. The van der Waals surface area contributed by atoms with E-state index in [1.165, 1.54) is 12.1 Å². The van der Waals surface area contributed by atoms with Gasteiger partial charge in [0.25, 0.3) is 0 Å². The van der Waals surface area contributed by atoms with Gasteiger partial charge in [-0.1, -0.05) is 65.7 Å². The molecule has 0 bridgehead atoms. The van der Waals surface area contributed by atoms with E-state index in [1.807, 2.05) is 65.5 Å². The minimum absolute atomic E-state index is 0.0196. The monoisotopic (exact) mass is 872 g/mol. The van der Waals surface area contributed by atoms with Gasteiger partial charge in [-0.25, -0.2) is 4.68 Å². The Morgan fingerprint density at radius 1 is 0.852 bits per heavy atom. The van der Waals surface area contributed by atoms with Crippen LogP contribution in [-0.4, -0.2) is 87.8 Å². The molecule has 0 radical (unpaired) electrons. The van der Waals surface area contributed by atoms with Crippen LogP contribution in [0.1, 0.15) is 36.1 Å². The van der Waals surface area contributed by atoms with E-state index in [1.54, 1.807) is 12.1 Å². The molecule has 4 heterocycles. The quantitative estimate of drug-likeness (QED) is 0.0894. The summed E-state index contributed by atoms with van der Waals surface area (Å²) in [5.41, 5.74) is 5.90. The molecule has 2 fully saturated rings. The van der Waals surface area contributed by atoms with Crippen LogP contribution in [0.5, 0.6) is 5.75 Å². The predicted octanol–water partition coefficient (Wildman–Crippen LogP) is 8.44. The Morgan fingerprint density at radius 3 is 2.26 bits per heavy atom. The number of aromatic nitrogens is 3. The smallest absolute Gasteiger partial charge is 0.406 e. The lowest BCUT2D eigenvalue weighted by molar-refractivity contribution is -0.274. The van der Waals surface area contributed by atoms with Crippen molar-refractivity contribution in [3.8, 4) is 22.6 Å². The molecule has 1 amide bonds. The van der Waals surface area contributed by atoms with Crippen molar-refractivity contribution in [3.63, 3.8) is 0 Å². The van der Waals surface area contributed by atoms with Crippen molar-refractivity contribution in [1.82, 2.24) is 40.1 Å². The van der Waals surface area contributed by atoms with Gasteiger partial charge in [0.1, 0.15) is 11.3 Å². The van der Waals surface area contributed by atoms with Gasteiger partial charge >= 0.3 is 6.36 Å². The third-order valence-electron chi connectivity index (χ3n) is 11.7. The lowest BCUT2D eigenvalue weighted by Gasteiger charge is -2.37. The Kier molecular flexibility index (Phi) is 13.3. The lowest BCUT2D eigenvalue weighted by atomic mass is 9.87. The van der Waals surface area contributed by atoms with Crippen molar-refractivity contribution >= 4 is 40.0 Å². The van der Waals surface area contributed by atoms with Gasteiger partial charge < -0.3 is 19.9 Å². The van der Waals surface area contributed by atoms with Gasteiger partial charge in [0.15, 0.2) is 0 Å². The normalized spacial score (nSPS) is 16.2. The highest BCUT2D eigenvalue weighted by molar-refractivity contribution is 6.36. The van der Waals surface area contributed by atoms with Crippen LogP contribution in [0.3, 0.4) is 0 Å². The third kappa shape index (κ3) is 10.6. The lowest BCUT2D eigenvalue weighted by Crippen LogP contribution is -2.61. The summed E-state index contributed by atoms with van der Waals surface area (Å²) in [5.74, 6) is -0.288. The molecule has 2 aliphatic rings.